The maximum absolute atomic E-state index is 12.8. The van der Waals surface area contributed by atoms with Gasteiger partial charge in [-0.3, -0.25) is 14.5 Å². The Balaban J connectivity index is 1.40. The standard InChI is InChI=1S/C27H37N3O4/c1-21(27(32)28-16-15-23-7-12-25(34-3)13-8-23)29-17-4-18-30(20-19-29)26(31)14-9-22-5-10-24(33-2)11-6-22/h5-8,10-13,21H,4,9,14-20H2,1-3H3,(H,28,32). The van der Waals surface area contributed by atoms with Crippen molar-refractivity contribution in [2.75, 3.05) is 46.9 Å². The van der Waals surface area contributed by atoms with E-state index in [0.717, 1.165) is 55.0 Å². The number of methoxy groups -OCH3 is 2. The minimum absolute atomic E-state index is 0.0350. The summed E-state index contributed by atoms with van der Waals surface area (Å²) in [5.41, 5.74) is 2.29. The van der Waals surface area contributed by atoms with Gasteiger partial charge in [-0.1, -0.05) is 24.3 Å². The summed E-state index contributed by atoms with van der Waals surface area (Å²) in [7, 11) is 3.30. The number of carbonyl (C=O) groups excluding carboxylic acids is 2. The Bertz CT molecular complexity index is 914. The Morgan fingerprint density at radius 1 is 0.853 bits per heavy atom. The highest BCUT2D eigenvalue weighted by atomic mass is 16.5. The number of hydrogen-bond acceptors (Lipinski definition) is 5. The van der Waals surface area contributed by atoms with E-state index in [9.17, 15) is 9.59 Å². The average Bonchev–Trinajstić information content (AvgIpc) is 3.14. The summed E-state index contributed by atoms with van der Waals surface area (Å²) < 4.78 is 10.4. The molecule has 1 saturated heterocycles. The average molecular weight is 468 g/mol. The molecule has 0 aromatic heterocycles. The fourth-order valence-corrected chi connectivity index (χ4v) is 4.21. The largest absolute Gasteiger partial charge is 0.497 e. The first-order chi connectivity index (χ1) is 16.5. The van der Waals surface area contributed by atoms with Crippen LogP contribution < -0.4 is 14.8 Å². The lowest BCUT2D eigenvalue weighted by Crippen LogP contribution is -2.47. The van der Waals surface area contributed by atoms with Crippen molar-refractivity contribution in [3.05, 3.63) is 59.7 Å². The van der Waals surface area contributed by atoms with Crippen molar-refractivity contribution in [3.63, 3.8) is 0 Å². The summed E-state index contributed by atoms with van der Waals surface area (Å²) in [5, 5.41) is 3.06. The van der Waals surface area contributed by atoms with E-state index < -0.39 is 0 Å². The molecule has 7 heteroatoms. The zero-order chi connectivity index (χ0) is 24.3. The third kappa shape index (κ3) is 7.48. The van der Waals surface area contributed by atoms with Crippen molar-refractivity contribution >= 4 is 11.8 Å². The van der Waals surface area contributed by atoms with Gasteiger partial charge in [0.1, 0.15) is 11.5 Å². The minimum Gasteiger partial charge on any atom is -0.497 e. The van der Waals surface area contributed by atoms with Crippen molar-refractivity contribution < 1.29 is 19.1 Å². The molecule has 1 fully saturated rings. The van der Waals surface area contributed by atoms with Crippen LogP contribution in [0.4, 0.5) is 0 Å². The predicted octanol–water partition coefficient (Wildman–Crippen LogP) is 2.92. The van der Waals surface area contributed by atoms with E-state index in [4.69, 9.17) is 9.47 Å². The van der Waals surface area contributed by atoms with E-state index in [1.54, 1.807) is 14.2 Å². The molecule has 2 amide bonds. The molecule has 0 aliphatic carbocycles. The lowest BCUT2D eigenvalue weighted by molar-refractivity contribution is -0.131. The van der Waals surface area contributed by atoms with Gasteiger partial charge >= 0.3 is 0 Å². The zero-order valence-corrected chi connectivity index (χ0v) is 20.6. The molecule has 1 aliphatic heterocycles. The molecule has 0 saturated carbocycles. The second-order valence-electron chi connectivity index (χ2n) is 8.68. The summed E-state index contributed by atoms with van der Waals surface area (Å²) in [4.78, 5) is 29.6. The van der Waals surface area contributed by atoms with E-state index in [1.165, 1.54) is 0 Å². The second-order valence-corrected chi connectivity index (χ2v) is 8.68. The maximum atomic E-state index is 12.8. The first-order valence-electron chi connectivity index (χ1n) is 12.1. The van der Waals surface area contributed by atoms with E-state index in [1.807, 2.05) is 60.4 Å². The van der Waals surface area contributed by atoms with Crippen molar-refractivity contribution in [2.45, 2.75) is 38.6 Å². The number of carbonyl (C=O) groups is 2. The van der Waals surface area contributed by atoms with Gasteiger partial charge in [0.2, 0.25) is 11.8 Å². The molecule has 184 valence electrons. The van der Waals surface area contributed by atoms with Crippen LogP contribution in [0, 0.1) is 0 Å². The molecule has 0 radical (unpaired) electrons. The molecule has 34 heavy (non-hydrogen) atoms. The van der Waals surface area contributed by atoms with Gasteiger partial charge in [-0.2, -0.15) is 0 Å². The van der Waals surface area contributed by atoms with Gasteiger partial charge in [0.15, 0.2) is 0 Å². The zero-order valence-electron chi connectivity index (χ0n) is 20.6. The first-order valence-corrected chi connectivity index (χ1v) is 12.1. The summed E-state index contributed by atoms with van der Waals surface area (Å²) in [6.07, 6.45) is 2.86. The SMILES string of the molecule is COc1ccc(CCNC(=O)C(C)N2CCCN(C(=O)CCc3ccc(OC)cc3)CC2)cc1. The minimum atomic E-state index is -0.217. The topological polar surface area (TPSA) is 71.1 Å². The van der Waals surface area contributed by atoms with E-state index in [-0.39, 0.29) is 17.9 Å². The lowest BCUT2D eigenvalue weighted by atomic mass is 10.1. The van der Waals surface area contributed by atoms with Crippen LogP contribution in [0.3, 0.4) is 0 Å². The molecule has 1 unspecified atom stereocenters. The highest BCUT2D eigenvalue weighted by Gasteiger charge is 2.25. The number of ether oxygens (including phenoxy) is 2. The van der Waals surface area contributed by atoms with Gasteiger partial charge in [-0.15, -0.1) is 0 Å². The second kappa shape index (κ2) is 13.0. The molecule has 3 rings (SSSR count). The Kier molecular flexibility index (Phi) is 9.76. The van der Waals surface area contributed by atoms with Gasteiger partial charge in [-0.05, 0) is 61.6 Å². The summed E-state index contributed by atoms with van der Waals surface area (Å²) in [6.45, 7) is 5.47. The van der Waals surface area contributed by atoms with Crippen molar-refractivity contribution in [1.82, 2.24) is 15.1 Å². The predicted molar refractivity (Wildman–Crippen MR) is 133 cm³/mol. The highest BCUT2D eigenvalue weighted by molar-refractivity contribution is 5.81. The molecule has 1 heterocycles. The number of hydrogen-bond donors (Lipinski definition) is 1. The fraction of sp³-hybridized carbons (Fsp3) is 0.481. The van der Waals surface area contributed by atoms with Crippen LogP contribution in [0.25, 0.3) is 0 Å². The monoisotopic (exact) mass is 467 g/mol. The van der Waals surface area contributed by atoms with E-state index >= 15 is 0 Å². The number of benzene rings is 2. The highest BCUT2D eigenvalue weighted by Crippen LogP contribution is 2.15. The van der Waals surface area contributed by atoms with Crippen LogP contribution in [0.2, 0.25) is 0 Å². The third-order valence-corrected chi connectivity index (χ3v) is 6.47. The van der Waals surface area contributed by atoms with Gasteiger partial charge in [-0.25, -0.2) is 0 Å². The molecule has 1 N–H and O–H groups in total. The van der Waals surface area contributed by atoms with Gasteiger partial charge in [0.05, 0.1) is 20.3 Å². The smallest absolute Gasteiger partial charge is 0.237 e. The van der Waals surface area contributed by atoms with E-state index in [2.05, 4.69) is 10.2 Å². The lowest BCUT2D eigenvalue weighted by Gasteiger charge is -2.27. The Hall–Kier alpha value is -3.06. The summed E-state index contributed by atoms with van der Waals surface area (Å²) in [6, 6.07) is 15.5. The van der Waals surface area contributed by atoms with Gasteiger partial charge in [0.25, 0.3) is 0 Å². The molecule has 0 bridgehead atoms. The Morgan fingerprint density at radius 3 is 2.03 bits per heavy atom. The molecule has 0 spiro atoms. The summed E-state index contributed by atoms with van der Waals surface area (Å²) in [5.74, 6) is 1.86. The molecule has 2 aromatic carbocycles. The Labute approximate surface area is 203 Å². The van der Waals surface area contributed by atoms with Crippen molar-refractivity contribution in [3.8, 4) is 11.5 Å². The molecule has 2 aromatic rings. The number of amides is 2. The van der Waals surface area contributed by atoms with Crippen LogP contribution in [0.1, 0.15) is 30.9 Å². The van der Waals surface area contributed by atoms with Crippen molar-refractivity contribution in [1.29, 1.82) is 0 Å². The third-order valence-electron chi connectivity index (χ3n) is 6.47. The number of nitrogens with zero attached hydrogens (tertiary/aromatic N) is 2. The van der Waals surface area contributed by atoms with Gasteiger partial charge in [0, 0.05) is 39.1 Å². The molecule has 1 atom stereocenters. The quantitative estimate of drug-likeness (QED) is 0.582. The van der Waals surface area contributed by atoms with Crippen LogP contribution in [-0.4, -0.2) is 74.6 Å². The van der Waals surface area contributed by atoms with Crippen LogP contribution in [-0.2, 0) is 22.4 Å². The van der Waals surface area contributed by atoms with Crippen molar-refractivity contribution in [2.24, 2.45) is 0 Å². The number of aryl methyl sites for hydroxylation is 1. The number of rotatable bonds is 10. The van der Waals surface area contributed by atoms with Crippen LogP contribution >= 0.6 is 0 Å². The fourth-order valence-electron chi connectivity index (χ4n) is 4.21. The number of nitrogens with one attached hydrogen (secondary N) is 1. The maximum Gasteiger partial charge on any atom is 0.237 e. The van der Waals surface area contributed by atoms with Crippen LogP contribution in [0.15, 0.2) is 48.5 Å². The normalized spacial score (nSPS) is 15.3. The molecule has 7 nitrogen and oxygen atoms in total. The Morgan fingerprint density at radius 2 is 1.44 bits per heavy atom. The van der Waals surface area contributed by atoms with Gasteiger partial charge < -0.3 is 19.7 Å². The molecular weight excluding hydrogens is 430 g/mol. The molecular formula is C27H37N3O4. The first kappa shape index (κ1) is 25.6. The summed E-state index contributed by atoms with van der Waals surface area (Å²) >= 11 is 0. The van der Waals surface area contributed by atoms with E-state index in [0.29, 0.717) is 26.1 Å². The van der Waals surface area contributed by atoms with Crippen LogP contribution in [0.5, 0.6) is 11.5 Å². The molecule has 1 aliphatic rings.